The maximum Gasteiger partial charge on any atom is 0.408 e. The van der Waals surface area contributed by atoms with Crippen LogP contribution in [0, 0.1) is 22.7 Å². The molecule has 6 rings (SSSR count). The molecule has 24 heteroatoms. The predicted octanol–water partition coefficient (Wildman–Crippen LogP) is 3.86. The number of fused-ring (bicyclic) bond motifs is 5. The molecule has 1 heterocycles. The average molecular weight is 1190 g/mol. The third kappa shape index (κ3) is 15.5. The molecule has 1 aliphatic heterocycles. The molecule has 0 aromatic heterocycles. The van der Waals surface area contributed by atoms with Gasteiger partial charge in [-0.25, -0.2) is 19.2 Å². The second kappa shape index (κ2) is 28.0. The van der Waals surface area contributed by atoms with E-state index in [-0.39, 0.29) is 99.1 Å². The molecule has 2 aromatic carbocycles. The standard InChI is InChI=1S/C61H80N2O22/c1-34(29-40(66)23-26-78-28-27-77-25-22-35(2)64)53(72)62-24-21-44(68)79-32-45(69)82-49(47(38-17-13-11-14-18-38)63-56(75)85-57(5,6)7)55(74)81-41-31-61(76)52(83-54(73)39-19-15-12-16-20-39)50-59(10,51(71)48(70)46(36(41)3)58(61,8)9)42(67)30-43-60(50,33-80-43)84-37(4)65/h11-20,34,41-43,47-50,52,67,70,76H,21-33H2,1-10H3,(H,62,72)(H,63,75)/t34?,41-,42-,43+,47-,48+,49+,50-,52-,59+,60-,61+/m0/s1. The molecule has 12 atom stereocenters. The Hall–Kier alpha value is -6.96. The molecule has 24 nitrogen and oxygen atoms in total. The summed E-state index contributed by atoms with van der Waals surface area (Å²) in [5.41, 5.74) is -9.35. The summed E-state index contributed by atoms with van der Waals surface area (Å²) in [6, 6.07) is 13.8. The van der Waals surface area contributed by atoms with Gasteiger partial charge in [-0.15, -0.1) is 0 Å². The first-order valence-corrected chi connectivity index (χ1v) is 28.3. The maximum absolute atomic E-state index is 15.3. The SMILES string of the molecule is CC(=O)CCOCCOCCC(=O)CC(C)C(=O)NCCC(=O)OCC(=O)O[C@@H](C(=O)O[C@H]1C[C@@]2(O)[C@@H](OC(=O)c3ccccc3)[C@@H]3[C@]4(OC(C)=O)CO[C@@H]4C[C@H](O)[C@@]3(C)C(=O)[C@H](O)C(=C1C)C2(C)C)[C@@H](NC(=O)OC(C)(C)C)c1ccccc1. The summed E-state index contributed by atoms with van der Waals surface area (Å²) in [5, 5.41) is 43.5. The highest BCUT2D eigenvalue weighted by atomic mass is 16.6. The van der Waals surface area contributed by atoms with Gasteiger partial charge in [-0.1, -0.05) is 69.3 Å². The molecular weight excluding hydrogens is 1110 g/mol. The van der Waals surface area contributed by atoms with Gasteiger partial charge in [-0.3, -0.25) is 28.8 Å². The van der Waals surface area contributed by atoms with Gasteiger partial charge in [0, 0.05) is 56.9 Å². The van der Waals surface area contributed by atoms with E-state index in [2.05, 4.69) is 10.6 Å². The Labute approximate surface area is 493 Å². The van der Waals surface area contributed by atoms with E-state index in [9.17, 15) is 53.7 Å². The van der Waals surface area contributed by atoms with E-state index >= 15 is 9.59 Å². The summed E-state index contributed by atoms with van der Waals surface area (Å²) >= 11 is 0. The number of ketones is 3. The third-order valence-corrected chi connectivity index (χ3v) is 16.3. The van der Waals surface area contributed by atoms with Crippen molar-refractivity contribution >= 4 is 59.2 Å². The number of rotatable bonds is 26. The molecule has 2 aromatic rings. The van der Waals surface area contributed by atoms with Crippen molar-refractivity contribution in [2.75, 3.05) is 46.2 Å². The van der Waals surface area contributed by atoms with E-state index in [1.807, 2.05) is 0 Å². The Morgan fingerprint density at radius 1 is 0.824 bits per heavy atom. The lowest BCUT2D eigenvalue weighted by molar-refractivity contribution is -0.346. The first-order chi connectivity index (χ1) is 39.9. The Morgan fingerprint density at radius 3 is 2.04 bits per heavy atom. The second-order valence-electron chi connectivity index (χ2n) is 23.8. The van der Waals surface area contributed by atoms with Crippen LogP contribution < -0.4 is 10.6 Å². The van der Waals surface area contributed by atoms with E-state index in [0.29, 0.717) is 0 Å². The van der Waals surface area contributed by atoms with Crippen molar-refractivity contribution in [3.05, 3.63) is 82.9 Å². The van der Waals surface area contributed by atoms with Crippen LogP contribution in [0.4, 0.5) is 4.79 Å². The largest absolute Gasteiger partial charge is 0.455 e. The van der Waals surface area contributed by atoms with Crippen molar-refractivity contribution in [2.24, 2.45) is 22.7 Å². The minimum atomic E-state index is -2.52. The number of carbonyl (C=O) groups is 10. The second-order valence-corrected chi connectivity index (χ2v) is 23.8. The van der Waals surface area contributed by atoms with Gasteiger partial charge < -0.3 is 68.6 Å². The van der Waals surface area contributed by atoms with Crippen LogP contribution in [0.15, 0.2) is 71.8 Å². The number of aliphatic hydroxyl groups is 3. The van der Waals surface area contributed by atoms with Crippen molar-refractivity contribution in [1.29, 1.82) is 0 Å². The number of nitrogens with one attached hydrogen (secondary N) is 2. The van der Waals surface area contributed by atoms with Crippen LogP contribution in [0.2, 0.25) is 0 Å². The van der Waals surface area contributed by atoms with Crippen molar-refractivity contribution in [3.63, 3.8) is 0 Å². The van der Waals surface area contributed by atoms with Crippen LogP contribution in [-0.2, 0) is 81.0 Å². The molecule has 1 unspecified atom stereocenters. The van der Waals surface area contributed by atoms with Crippen molar-refractivity contribution in [3.8, 4) is 0 Å². The lowest BCUT2D eigenvalue weighted by atomic mass is 9.44. The molecule has 5 N–H and O–H groups in total. The van der Waals surface area contributed by atoms with Gasteiger partial charge in [0.15, 0.2) is 18.0 Å². The summed E-state index contributed by atoms with van der Waals surface area (Å²) < 4.78 is 51.8. The minimum absolute atomic E-state index is 0.00189. The van der Waals surface area contributed by atoms with Crippen molar-refractivity contribution in [1.82, 2.24) is 10.6 Å². The number of esters is 5. The maximum atomic E-state index is 15.3. The van der Waals surface area contributed by atoms with Gasteiger partial charge >= 0.3 is 35.9 Å². The van der Waals surface area contributed by atoms with Crippen LogP contribution in [0.25, 0.3) is 0 Å². The fourth-order valence-corrected chi connectivity index (χ4v) is 11.8. The van der Waals surface area contributed by atoms with Crippen LogP contribution in [-0.4, -0.2) is 174 Å². The van der Waals surface area contributed by atoms with Crippen LogP contribution >= 0.6 is 0 Å². The average Bonchev–Trinajstić information content (AvgIpc) is 0.710. The smallest absolute Gasteiger partial charge is 0.408 e. The summed E-state index contributed by atoms with van der Waals surface area (Å²) in [6.07, 6.45) is -12.9. The quantitative estimate of drug-likeness (QED) is 0.0386. The first-order valence-electron chi connectivity index (χ1n) is 28.3. The lowest BCUT2D eigenvalue weighted by Crippen LogP contribution is -2.81. The van der Waals surface area contributed by atoms with Crippen LogP contribution in [0.3, 0.4) is 0 Å². The molecule has 85 heavy (non-hydrogen) atoms. The number of Topliss-reactive ketones (excluding diaryl/α,β-unsaturated/α-hetero) is 3. The number of carbonyl (C=O) groups excluding carboxylic acids is 10. The molecule has 3 aliphatic carbocycles. The van der Waals surface area contributed by atoms with E-state index < -0.39 is 149 Å². The lowest BCUT2D eigenvalue weighted by Gasteiger charge is -2.67. The Morgan fingerprint density at radius 2 is 1.45 bits per heavy atom. The number of amides is 2. The highest BCUT2D eigenvalue weighted by molar-refractivity contribution is 5.94. The third-order valence-electron chi connectivity index (χ3n) is 16.3. The molecule has 1 saturated heterocycles. The number of hydrogen-bond donors (Lipinski definition) is 5. The highest BCUT2D eigenvalue weighted by Crippen LogP contribution is 2.64. The zero-order chi connectivity index (χ0) is 62.8. The molecule has 0 spiro atoms. The predicted molar refractivity (Wildman–Crippen MR) is 296 cm³/mol. The fourth-order valence-electron chi connectivity index (χ4n) is 11.8. The molecule has 3 fully saturated rings. The summed E-state index contributed by atoms with van der Waals surface area (Å²) in [6.45, 7) is 13.7. The fraction of sp³-hybridized carbons (Fsp3) is 0.607. The van der Waals surface area contributed by atoms with Gasteiger partial charge in [0.1, 0.15) is 53.2 Å². The van der Waals surface area contributed by atoms with Gasteiger partial charge in [-0.2, -0.15) is 0 Å². The Balaban J connectivity index is 1.27. The van der Waals surface area contributed by atoms with Crippen molar-refractivity contribution < 1.29 is 106 Å². The zero-order valence-electron chi connectivity index (χ0n) is 49.8. The molecule has 0 radical (unpaired) electrons. The number of benzene rings is 2. The zero-order valence-corrected chi connectivity index (χ0v) is 49.8. The normalized spacial score (nSPS) is 26.8. The molecule has 2 amide bonds. The molecule has 466 valence electrons. The van der Waals surface area contributed by atoms with E-state index in [1.54, 1.807) is 57.2 Å². The van der Waals surface area contributed by atoms with E-state index in [1.165, 1.54) is 65.8 Å². The summed E-state index contributed by atoms with van der Waals surface area (Å²) in [5.74, 6) is -9.74. The highest BCUT2D eigenvalue weighted by Gasteiger charge is 2.78. The van der Waals surface area contributed by atoms with Crippen LogP contribution in [0.1, 0.15) is 130 Å². The van der Waals surface area contributed by atoms with Gasteiger partial charge in [0.2, 0.25) is 12.0 Å². The summed E-state index contributed by atoms with van der Waals surface area (Å²) in [4.78, 5) is 135. The number of alkyl carbamates (subject to hydrolysis) is 1. The Bertz CT molecular complexity index is 2830. The van der Waals surface area contributed by atoms with Crippen LogP contribution in [0.5, 0.6) is 0 Å². The van der Waals surface area contributed by atoms with E-state index in [4.69, 9.17) is 42.6 Å². The van der Waals surface area contributed by atoms with Gasteiger partial charge in [0.05, 0.1) is 62.5 Å². The number of ether oxygens (including phenoxy) is 9. The number of aliphatic hydroxyl groups excluding tert-OH is 2. The monoisotopic (exact) mass is 1190 g/mol. The van der Waals surface area contributed by atoms with Gasteiger partial charge in [-0.05, 0) is 70.4 Å². The first kappa shape index (κ1) is 67.2. The molecular formula is C61H80N2O22. The number of hydrogen-bond acceptors (Lipinski definition) is 22. The van der Waals surface area contributed by atoms with Gasteiger partial charge in [0.25, 0.3) is 0 Å². The molecule has 2 bridgehead atoms. The topological polar surface area (TPSA) is 339 Å². The molecule has 2 saturated carbocycles. The minimum Gasteiger partial charge on any atom is -0.455 e. The van der Waals surface area contributed by atoms with Crippen molar-refractivity contribution in [2.45, 2.75) is 167 Å². The summed E-state index contributed by atoms with van der Waals surface area (Å²) in [7, 11) is 0. The molecule has 4 aliphatic rings. The Kier molecular flexibility index (Phi) is 22.2. The van der Waals surface area contributed by atoms with E-state index in [0.717, 1.165) is 6.92 Å².